The molecular formula is C14H13N3O2. The van der Waals surface area contributed by atoms with Crippen LogP contribution in [-0.2, 0) is 24.4 Å². The fourth-order valence-corrected chi connectivity index (χ4v) is 2.04. The summed E-state index contributed by atoms with van der Waals surface area (Å²) in [5.74, 6) is 0. The summed E-state index contributed by atoms with van der Waals surface area (Å²) in [4.78, 5) is 21.7. The number of carbonyl (C=O) groups excluding carboxylic acids is 1. The van der Waals surface area contributed by atoms with Gasteiger partial charge in [-0.2, -0.15) is 0 Å². The van der Waals surface area contributed by atoms with Crippen LogP contribution in [0.4, 0.5) is 4.79 Å². The molecule has 0 unspecified atom stereocenters. The quantitative estimate of drug-likeness (QED) is 0.825. The molecular weight excluding hydrogens is 242 g/mol. The van der Waals surface area contributed by atoms with Gasteiger partial charge in [-0.05, 0) is 5.56 Å². The second-order valence-electron chi connectivity index (χ2n) is 4.39. The smallest absolute Gasteiger partial charge is 0.410 e. The van der Waals surface area contributed by atoms with Crippen LogP contribution in [0.5, 0.6) is 0 Å². The zero-order valence-electron chi connectivity index (χ0n) is 10.3. The Morgan fingerprint density at radius 3 is 2.89 bits per heavy atom. The van der Waals surface area contributed by atoms with Crippen molar-refractivity contribution >= 4 is 6.09 Å². The van der Waals surface area contributed by atoms with Gasteiger partial charge in [-0.25, -0.2) is 14.8 Å². The molecule has 0 bridgehead atoms. The molecule has 1 aliphatic heterocycles. The van der Waals surface area contributed by atoms with Gasteiger partial charge in [0.25, 0.3) is 0 Å². The van der Waals surface area contributed by atoms with Gasteiger partial charge in [0.05, 0.1) is 18.8 Å². The monoisotopic (exact) mass is 255 g/mol. The van der Waals surface area contributed by atoms with Crippen LogP contribution in [0.2, 0.25) is 0 Å². The Hall–Kier alpha value is -2.43. The average molecular weight is 255 g/mol. The molecule has 5 heteroatoms. The van der Waals surface area contributed by atoms with Gasteiger partial charge >= 0.3 is 6.09 Å². The predicted molar refractivity (Wildman–Crippen MR) is 67.9 cm³/mol. The van der Waals surface area contributed by atoms with Gasteiger partial charge in [-0.15, -0.1) is 0 Å². The fourth-order valence-electron chi connectivity index (χ4n) is 2.04. The molecule has 19 heavy (non-hydrogen) atoms. The number of amides is 1. The lowest BCUT2D eigenvalue weighted by molar-refractivity contribution is 0.0953. The molecule has 96 valence electrons. The van der Waals surface area contributed by atoms with E-state index in [1.54, 1.807) is 11.1 Å². The number of hydrogen-bond donors (Lipinski definition) is 0. The Bertz CT molecular complexity index is 561. The highest BCUT2D eigenvalue weighted by Crippen LogP contribution is 2.20. The summed E-state index contributed by atoms with van der Waals surface area (Å²) < 4.78 is 5.28. The summed E-state index contributed by atoms with van der Waals surface area (Å²) in [6, 6.07) is 9.63. The molecule has 1 aliphatic rings. The zero-order chi connectivity index (χ0) is 13.1. The molecule has 0 fully saturated rings. The van der Waals surface area contributed by atoms with Crippen LogP contribution >= 0.6 is 0 Å². The standard InChI is InChI=1S/C14H13N3O2/c18-14(19-9-11-4-2-1-3-5-11)17-7-12-6-15-10-16-13(12)8-17/h1-6,10H,7-9H2. The molecule has 0 atom stereocenters. The first-order valence-corrected chi connectivity index (χ1v) is 6.06. The maximum Gasteiger partial charge on any atom is 0.410 e. The minimum Gasteiger partial charge on any atom is -0.445 e. The number of benzene rings is 1. The Morgan fingerprint density at radius 1 is 1.26 bits per heavy atom. The van der Waals surface area contributed by atoms with Gasteiger partial charge in [0, 0.05) is 11.8 Å². The summed E-state index contributed by atoms with van der Waals surface area (Å²) in [6.45, 7) is 1.30. The zero-order valence-corrected chi connectivity index (χ0v) is 10.3. The number of rotatable bonds is 2. The van der Waals surface area contributed by atoms with Crippen molar-refractivity contribution in [1.29, 1.82) is 0 Å². The highest BCUT2D eigenvalue weighted by atomic mass is 16.6. The van der Waals surface area contributed by atoms with Crippen LogP contribution < -0.4 is 0 Å². The van der Waals surface area contributed by atoms with Crippen LogP contribution in [0.1, 0.15) is 16.8 Å². The summed E-state index contributed by atoms with van der Waals surface area (Å²) >= 11 is 0. The molecule has 0 N–H and O–H groups in total. The lowest BCUT2D eigenvalue weighted by Crippen LogP contribution is -2.26. The Kier molecular flexibility index (Phi) is 3.10. The number of aromatic nitrogens is 2. The molecule has 1 amide bonds. The topological polar surface area (TPSA) is 55.3 Å². The molecule has 3 rings (SSSR count). The van der Waals surface area contributed by atoms with Crippen molar-refractivity contribution in [3.63, 3.8) is 0 Å². The van der Waals surface area contributed by atoms with E-state index in [0.717, 1.165) is 16.8 Å². The van der Waals surface area contributed by atoms with E-state index in [9.17, 15) is 4.79 Å². The number of ether oxygens (including phenoxy) is 1. The first kappa shape index (κ1) is 11.6. The van der Waals surface area contributed by atoms with Crippen molar-refractivity contribution in [2.75, 3.05) is 0 Å². The molecule has 0 saturated heterocycles. The van der Waals surface area contributed by atoms with Gasteiger partial charge in [-0.1, -0.05) is 30.3 Å². The van der Waals surface area contributed by atoms with E-state index in [-0.39, 0.29) is 12.7 Å². The van der Waals surface area contributed by atoms with Crippen molar-refractivity contribution in [2.24, 2.45) is 0 Å². The summed E-state index contributed by atoms with van der Waals surface area (Å²) in [7, 11) is 0. The number of fused-ring (bicyclic) bond motifs is 1. The van der Waals surface area contributed by atoms with Crippen LogP contribution in [0.3, 0.4) is 0 Å². The molecule has 0 radical (unpaired) electrons. The van der Waals surface area contributed by atoms with Crippen LogP contribution in [0, 0.1) is 0 Å². The highest BCUT2D eigenvalue weighted by Gasteiger charge is 2.25. The third-order valence-electron chi connectivity index (χ3n) is 3.05. The van der Waals surface area contributed by atoms with E-state index in [2.05, 4.69) is 9.97 Å². The maximum atomic E-state index is 11.9. The molecule has 0 spiro atoms. The summed E-state index contributed by atoms with van der Waals surface area (Å²) in [5.41, 5.74) is 2.86. The first-order valence-electron chi connectivity index (χ1n) is 6.06. The minimum absolute atomic E-state index is 0.290. The van der Waals surface area contributed by atoms with E-state index in [1.807, 2.05) is 30.3 Å². The average Bonchev–Trinajstić information content (AvgIpc) is 2.90. The number of carbonyl (C=O) groups is 1. The fraction of sp³-hybridized carbons (Fsp3) is 0.214. The predicted octanol–water partition coefficient (Wildman–Crippen LogP) is 2.13. The lowest BCUT2D eigenvalue weighted by atomic mass is 10.2. The Morgan fingerprint density at radius 2 is 2.11 bits per heavy atom. The summed E-state index contributed by atoms with van der Waals surface area (Å²) in [5, 5.41) is 0. The van der Waals surface area contributed by atoms with E-state index in [0.29, 0.717) is 13.1 Å². The van der Waals surface area contributed by atoms with Crippen LogP contribution in [0.25, 0.3) is 0 Å². The van der Waals surface area contributed by atoms with Crippen LogP contribution in [0.15, 0.2) is 42.9 Å². The van der Waals surface area contributed by atoms with Crippen molar-refractivity contribution in [3.05, 3.63) is 59.7 Å². The molecule has 2 aromatic rings. The first-order chi connectivity index (χ1) is 9.33. The number of nitrogens with zero attached hydrogens (tertiary/aromatic N) is 3. The molecule has 0 saturated carbocycles. The third kappa shape index (κ3) is 2.54. The van der Waals surface area contributed by atoms with Crippen LogP contribution in [-0.4, -0.2) is 21.0 Å². The van der Waals surface area contributed by atoms with E-state index >= 15 is 0 Å². The van der Waals surface area contributed by atoms with E-state index < -0.39 is 0 Å². The van der Waals surface area contributed by atoms with Gasteiger partial charge in [0.2, 0.25) is 0 Å². The van der Waals surface area contributed by atoms with Gasteiger partial charge < -0.3 is 4.74 Å². The maximum absolute atomic E-state index is 11.9. The van der Waals surface area contributed by atoms with Gasteiger partial charge in [0.15, 0.2) is 0 Å². The van der Waals surface area contributed by atoms with Crippen molar-refractivity contribution in [2.45, 2.75) is 19.7 Å². The van der Waals surface area contributed by atoms with Crippen molar-refractivity contribution in [1.82, 2.24) is 14.9 Å². The molecule has 2 heterocycles. The normalized spacial score (nSPS) is 13.2. The number of hydrogen-bond acceptors (Lipinski definition) is 4. The largest absolute Gasteiger partial charge is 0.445 e. The van der Waals surface area contributed by atoms with Gasteiger partial charge in [0.1, 0.15) is 12.9 Å². The Labute approximate surface area is 110 Å². The third-order valence-corrected chi connectivity index (χ3v) is 3.05. The minimum atomic E-state index is -0.318. The highest BCUT2D eigenvalue weighted by molar-refractivity contribution is 5.68. The van der Waals surface area contributed by atoms with Crippen molar-refractivity contribution < 1.29 is 9.53 Å². The molecule has 0 aliphatic carbocycles. The Balaban J connectivity index is 1.58. The molecule has 5 nitrogen and oxygen atoms in total. The SMILES string of the molecule is O=C(OCc1ccccc1)N1Cc2cncnc2C1. The molecule has 1 aromatic carbocycles. The van der Waals surface area contributed by atoms with E-state index in [4.69, 9.17) is 4.74 Å². The van der Waals surface area contributed by atoms with Gasteiger partial charge in [-0.3, -0.25) is 4.90 Å². The van der Waals surface area contributed by atoms with E-state index in [1.165, 1.54) is 6.33 Å². The van der Waals surface area contributed by atoms with Crippen molar-refractivity contribution in [3.8, 4) is 0 Å². The molecule has 1 aromatic heterocycles. The summed E-state index contributed by atoms with van der Waals surface area (Å²) in [6.07, 6.45) is 2.92. The second kappa shape index (κ2) is 5.06. The lowest BCUT2D eigenvalue weighted by Gasteiger charge is -2.14. The second-order valence-corrected chi connectivity index (χ2v) is 4.39.